The van der Waals surface area contributed by atoms with Crippen LogP contribution in [0.4, 0.5) is 0 Å². The summed E-state index contributed by atoms with van der Waals surface area (Å²) in [5.41, 5.74) is 2.46. The number of H-pyrrole nitrogens is 1. The van der Waals surface area contributed by atoms with Gasteiger partial charge in [0.2, 0.25) is 10.0 Å². The number of methoxy groups -OCH3 is 1. The van der Waals surface area contributed by atoms with E-state index in [-0.39, 0.29) is 4.90 Å². The van der Waals surface area contributed by atoms with Gasteiger partial charge in [-0.1, -0.05) is 11.6 Å². The fraction of sp³-hybridized carbons (Fsp3) is 0.176. The van der Waals surface area contributed by atoms with Crippen molar-refractivity contribution >= 4 is 32.5 Å². The van der Waals surface area contributed by atoms with Gasteiger partial charge in [0.15, 0.2) is 0 Å². The first-order chi connectivity index (χ1) is 11.3. The molecule has 0 fully saturated rings. The van der Waals surface area contributed by atoms with Gasteiger partial charge >= 0.3 is 0 Å². The van der Waals surface area contributed by atoms with Gasteiger partial charge in [-0.25, -0.2) is 12.7 Å². The smallest absolute Gasteiger partial charge is 0.242 e. The zero-order valence-corrected chi connectivity index (χ0v) is 15.1. The van der Waals surface area contributed by atoms with E-state index in [1.165, 1.54) is 18.4 Å². The van der Waals surface area contributed by atoms with Crippen molar-refractivity contribution in [3.63, 3.8) is 0 Å². The Hall–Kier alpha value is -2.02. The molecule has 0 atom stereocenters. The van der Waals surface area contributed by atoms with E-state index in [2.05, 4.69) is 4.98 Å². The summed E-state index contributed by atoms with van der Waals surface area (Å²) in [5, 5.41) is 1.40. The van der Waals surface area contributed by atoms with Gasteiger partial charge in [0, 0.05) is 35.6 Å². The number of benzene rings is 2. The van der Waals surface area contributed by atoms with Gasteiger partial charge in [-0.3, -0.25) is 0 Å². The standard InChI is InChI=1S/C17H17ClN2O3S/c1-20(2)24(21,22)13-5-6-15-11(8-13)9-16(19-15)14-10-12(18)4-7-17(14)23-3/h4-10,19H,1-3H3. The van der Waals surface area contributed by atoms with Gasteiger partial charge in [0.25, 0.3) is 0 Å². The SMILES string of the molecule is COc1ccc(Cl)cc1-c1cc2cc(S(=O)(=O)N(C)C)ccc2[nH]1. The molecular formula is C17H17ClN2O3S. The topological polar surface area (TPSA) is 62.4 Å². The second-order valence-electron chi connectivity index (χ2n) is 5.56. The van der Waals surface area contributed by atoms with E-state index in [0.29, 0.717) is 10.8 Å². The Morgan fingerprint density at radius 1 is 1.08 bits per heavy atom. The van der Waals surface area contributed by atoms with Crippen LogP contribution in [-0.4, -0.2) is 38.9 Å². The van der Waals surface area contributed by atoms with E-state index < -0.39 is 10.0 Å². The van der Waals surface area contributed by atoms with Gasteiger partial charge in [0.05, 0.1) is 17.7 Å². The molecule has 3 aromatic rings. The number of halogens is 1. The minimum Gasteiger partial charge on any atom is -0.496 e. The molecule has 0 aliphatic rings. The minimum absolute atomic E-state index is 0.253. The molecule has 2 aromatic carbocycles. The van der Waals surface area contributed by atoms with Crippen LogP contribution in [0.25, 0.3) is 22.2 Å². The number of rotatable bonds is 4. The fourth-order valence-electron chi connectivity index (χ4n) is 2.52. The molecule has 24 heavy (non-hydrogen) atoms. The van der Waals surface area contributed by atoms with Crippen molar-refractivity contribution in [1.29, 1.82) is 0 Å². The zero-order valence-electron chi connectivity index (χ0n) is 13.5. The third-order valence-corrected chi connectivity index (χ3v) is 5.87. The summed E-state index contributed by atoms with van der Waals surface area (Å²) in [7, 11) is 1.15. The summed E-state index contributed by atoms with van der Waals surface area (Å²) in [6, 6.07) is 12.3. The molecule has 1 aromatic heterocycles. The van der Waals surface area contributed by atoms with Crippen LogP contribution in [0.15, 0.2) is 47.4 Å². The van der Waals surface area contributed by atoms with Crippen molar-refractivity contribution in [2.75, 3.05) is 21.2 Å². The predicted octanol–water partition coefficient (Wildman–Crippen LogP) is 3.75. The monoisotopic (exact) mass is 364 g/mol. The lowest BCUT2D eigenvalue weighted by atomic mass is 10.1. The summed E-state index contributed by atoms with van der Waals surface area (Å²) in [4.78, 5) is 3.53. The fourth-order valence-corrected chi connectivity index (χ4v) is 3.63. The number of nitrogens with one attached hydrogen (secondary N) is 1. The number of ether oxygens (including phenoxy) is 1. The largest absolute Gasteiger partial charge is 0.496 e. The van der Waals surface area contributed by atoms with E-state index in [4.69, 9.17) is 16.3 Å². The molecule has 126 valence electrons. The summed E-state index contributed by atoms with van der Waals surface area (Å²) in [5.74, 6) is 0.687. The summed E-state index contributed by atoms with van der Waals surface area (Å²) in [6.07, 6.45) is 0. The highest BCUT2D eigenvalue weighted by molar-refractivity contribution is 7.89. The molecular weight excluding hydrogens is 348 g/mol. The summed E-state index contributed by atoms with van der Waals surface area (Å²) < 4.78 is 31.1. The first kappa shape index (κ1) is 16.8. The molecule has 0 radical (unpaired) electrons. The number of sulfonamides is 1. The molecule has 0 saturated carbocycles. The van der Waals surface area contributed by atoms with Crippen molar-refractivity contribution in [3.8, 4) is 17.0 Å². The number of aromatic amines is 1. The van der Waals surface area contributed by atoms with Gasteiger partial charge in [-0.05, 0) is 42.5 Å². The second kappa shape index (κ2) is 6.12. The Bertz CT molecular complexity index is 1010. The molecule has 0 spiro atoms. The van der Waals surface area contributed by atoms with Crippen LogP contribution in [0.5, 0.6) is 5.75 Å². The number of hydrogen-bond donors (Lipinski definition) is 1. The van der Waals surface area contributed by atoms with Crippen LogP contribution in [0, 0.1) is 0 Å². The van der Waals surface area contributed by atoms with Gasteiger partial charge in [-0.15, -0.1) is 0 Å². The Morgan fingerprint density at radius 3 is 2.50 bits per heavy atom. The van der Waals surface area contributed by atoms with E-state index in [1.54, 1.807) is 37.4 Å². The summed E-state index contributed by atoms with van der Waals surface area (Å²) >= 11 is 6.09. The molecule has 7 heteroatoms. The molecule has 0 aliphatic carbocycles. The molecule has 5 nitrogen and oxygen atoms in total. The molecule has 0 bridgehead atoms. The lowest BCUT2D eigenvalue weighted by Crippen LogP contribution is -2.22. The maximum Gasteiger partial charge on any atom is 0.242 e. The molecule has 3 rings (SSSR count). The molecule has 1 heterocycles. The van der Waals surface area contributed by atoms with E-state index >= 15 is 0 Å². The Morgan fingerprint density at radius 2 is 1.83 bits per heavy atom. The van der Waals surface area contributed by atoms with E-state index in [1.807, 2.05) is 12.1 Å². The highest BCUT2D eigenvalue weighted by Crippen LogP contribution is 2.34. The lowest BCUT2D eigenvalue weighted by molar-refractivity contribution is 0.416. The highest BCUT2D eigenvalue weighted by Gasteiger charge is 2.18. The normalized spacial score (nSPS) is 12.0. The van der Waals surface area contributed by atoms with Crippen LogP contribution in [0.2, 0.25) is 5.02 Å². The third-order valence-electron chi connectivity index (χ3n) is 3.82. The van der Waals surface area contributed by atoms with Gasteiger partial charge in [-0.2, -0.15) is 0 Å². The number of aromatic nitrogens is 1. The van der Waals surface area contributed by atoms with Crippen molar-refractivity contribution in [3.05, 3.63) is 47.5 Å². The molecule has 0 aliphatic heterocycles. The second-order valence-corrected chi connectivity index (χ2v) is 8.15. The average Bonchev–Trinajstić information content (AvgIpc) is 2.97. The molecule has 0 amide bonds. The van der Waals surface area contributed by atoms with Crippen LogP contribution in [-0.2, 0) is 10.0 Å². The van der Waals surface area contributed by atoms with Gasteiger partial charge < -0.3 is 9.72 Å². The van der Waals surface area contributed by atoms with Crippen molar-refractivity contribution in [1.82, 2.24) is 9.29 Å². The number of hydrogen-bond acceptors (Lipinski definition) is 3. The third kappa shape index (κ3) is 2.88. The lowest BCUT2D eigenvalue weighted by Gasteiger charge is -2.10. The first-order valence-electron chi connectivity index (χ1n) is 7.22. The first-order valence-corrected chi connectivity index (χ1v) is 9.04. The van der Waals surface area contributed by atoms with Crippen LogP contribution in [0.3, 0.4) is 0 Å². The maximum absolute atomic E-state index is 12.3. The zero-order chi connectivity index (χ0) is 17.5. The van der Waals surface area contributed by atoms with Crippen LogP contribution >= 0.6 is 11.6 Å². The van der Waals surface area contributed by atoms with E-state index in [9.17, 15) is 8.42 Å². The molecule has 1 N–H and O–H groups in total. The van der Waals surface area contributed by atoms with Gasteiger partial charge in [0.1, 0.15) is 5.75 Å². The quantitative estimate of drug-likeness (QED) is 0.766. The molecule has 0 saturated heterocycles. The van der Waals surface area contributed by atoms with Crippen molar-refractivity contribution in [2.45, 2.75) is 4.90 Å². The maximum atomic E-state index is 12.3. The van der Waals surface area contributed by atoms with Crippen molar-refractivity contribution < 1.29 is 13.2 Å². The minimum atomic E-state index is -3.47. The van der Waals surface area contributed by atoms with Crippen LogP contribution < -0.4 is 4.74 Å². The van der Waals surface area contributed by atoms with Crippen molar-refractivity contribution in [2.24, 2.45) is 0 Å². The Balaban J connectivity index is 2.15. The Labute approximate surface area is 145 Å². The number of fused-ring (bicyclic) bond motifs is 1. The Kier molecular flexibility index (Phi) is 4.29. The van der Waals surface area contributed by atoms with E-state index in [0.717, 1.165) is 22.2 Å². The average molecular weight is 365 g/mol. The summed E-state index contributed by atoms with van der Waals surface area (Å²) in [6.45, 7) is 0. The molecule has 0 unspecified atom stereocenters. The highest BCUT2D eigenvalue weighted by atomic mass is 35.5. The number of nitrogens with zero attached hydrogens (tertiary/aromatic N) is 1. The van der Waals surface area contributed by atoms with Crippen LogP contribution in [0.1, 0.15) is 0 Å². The predicted molar refractivity (Wildman–Crippen MR) is 96.2 cm³/mol.